The van der Waals surface area contributed by atoms with Crippen molar-refractivity contribution in [1.82, 2.24) is 0 Å². The molecular weight excluding hydrogens is 673 g/mol. The zero-order valence-corrected chi connectivity index (χ0v) is 29.8. The Hall–Kier alpha value is -7.28. The number of hydrogen-bond donors (Lipinski definition) is 0. The Morgan fingerprint density at radius 1 is 0.250 bits per heavy atom. The molecule has 0 N–H and O–H groups in total. The first kappa shape index (κ1) is 22.2. The van der Waals surface area contributed by atoms with Gasteiger partial charge in [-0.25, -0.2) is 0 Å². The lowest BCUT2D eigenvalue weighted by Crippen LogP contribution is -1.89. The van der Waals surface area contributed by atoms with Gasteiger partial charge in [-0.05, 0) is 126 Å². The molecule has 0 heteroatoms. The summed E-state index contributed by atoms with van der Waals surface area (Å²) in [5, 5.41) is 11.6. The first-order valence-corrected chi connectivity index (χ1v) is 18.6. The minimum Gasteiger partial charge on any atom is -0.0622 e. The fourth-order valence-corrected chi connectivity index (χ4v) is 8.64. The van der Waals surface area contributed by atoms with E-state index in [0.717, 1.165) is 75.8 Å². The van der Waals surface area contributed by atoms with E-state index in [-0.39, 0.29) is 39.9 Å². The summed E-state index contributed by atoms with van der Waals surface area (Å²) in [7, 11) is 0. The van der Waals surface area contributed by atoms with Crippen molar-refractivity contribution in [3.05, 3.63) is 206 Å². The van der Waals surface area contributed by atoms with E-state index in [1.807, 2.05) is 91.0 Å². The van der Waals surface area contributed by atoms with E-state index in [1.54, 1.807) is 6.07 Å². The lowest BCUT2D eigenvalue weighted by Gasteiger charge is -2.16. The highest BCUT2D eigenvalue weighted by Crippen LogP contribution is 2.43. The van der Waals surface area contributed by atoms with Crippen molar-refractivity contribution in [2.45, 2.75) is 0 Å². The Balaban J connectivity index is 1.03. The highest BCUT2D eigenvalue weighted by atomic mass is 14.2. The van der Waals surface area contributed by atoms with Crippen LogP contribution < -0.4 is 0 Å². The summed E-state index contributed by atoms with van der Waals surface area (Å²) in [5.41, 5.74) is 2.17. The quantitative estimate of drug-likeness (QED) is 0.156. The van der Waals surface area contributed by atoms with Crippen molar-refractivity contribution in [2.75, 3.05) is 0 Å². The van der Waals surface area contributed by atoms with Crippen molar-refractivity contribution in [3.63, 3.8) is 0 Å². The van der Waals surface area contributed by atoms with Gasteiger partial charge in [0.1, 0.15) is 0 Å². The molecule has 0 aliphatic carbocycles. The molecule has 0 radical (unpaired) electrons. The van der Waals surface area contributed by atoms with Crippen LogP contribution in [0.15, 0.2) is 206 Å². The summed E-state index contributed by atoms with van der Waals surface area (Å²) in [4.78, 5) is 0. The number of benzene rings is 12. The van der Waals surface area contributed by atoms with Gasteiger partial charge in [-0.15, -0.1) is 0 Å². The molecule has 12 aromatic rings. The van der Waals surface area contributed by atoms with Crippen LogP contribution in [-0.2, 0) is 0 Å². The van der Waals surface area contributed by atoms with Gasteiger partial charge >= 0.3 is 0 Å². The largest absolute Gasteiger partial charge is 0.0636 e. The van der Waals surface area contributed by atoms with Crippen LogP contribution in [-0.4, -0.2) is 0 Å². The molecule has 0 atom stereocenters. The van der Waals surface area contributed by atoms with Gasteiger partial charge in [-0.3, -0.25) is 0 Å². The average molecular weight is 718 g/mol. The highest BCUT2D eigenvalue weighted by Gasteiger charge is 2.16. The van der Waals surface area contributed by atoms with E-state index < -0.39 is 59.9 Å². The van der Waals surface area contributed by atoms with Crippen LogP contribution in [0, 0.1) is 0 Å². The molecule has 56 heavy (non-hydrogen) atoms. The highest BCUT2D eigenvalue weighted by molar-refractivity contribution is 6.28. The number of rotatable bonds is 5. The molecule has 0 spiro atoms. The van der Waals surface area contributed by atoms with E-state index in [4.69, 9.17) is 4.11 Å². The third kappa shape index (κ3) is 4.73. The molecule has 0 saturated carbocycles. The molecule has 258 valence electrons. The van der Waals surface area contributed by atoms with Gasteiger partial charge in [0.15, 0.2) is 0 Å². The molecule has 12 rings (SSSR count). The summed E-state index contributed by atoms with van der Waals surface area (Å²) < 4.78 is 102. The molecule has 0 aliphatic heterocycles. The molecule has 0 amide bonds. The first-order chi connectivity index (χ1) is 32.3. The Kier molecular flexibility index (Phi) is 4.80. The zero-order chi connectivity index (χ0) is 46.3. The second-order valence-electron chi connectivity index (χ2n) is 14.3. The second kappa shape index (κ2) is 12.1. The molecule has 0 bridgehead atoms. The lowest BCUT2D eigenvalue weighted by atomic mass is 9.87. The third-order valence-electron chi connectivity index (χ3n) is 11.3. The van der Waals surface area contributed by atoms with Crippen LogP contribution in [0.3, 0.4) is 0 Å². The topological polar surface area (TPSA) is 0 Å². The maximum atomic E-state index is 9.53. The van der Waals surface area contributed by atoms with Gasteiger partial charge in [0.2, 0.25) is 0 Å². The van der Waals surface area contributed by atoms with Crippen LogP contribution in [0.2, 0.25) is 0 Å². The van der Waals surface area contributed by atoms with Crippen LogP contribution >= 0.6 is 0 Å². The van der Waals surface area contributed by atoms with Crippen molar-refractivity contribution >= 4 is 64.6 Å². The van der Waals surface area contributed by atoms with E-state index in [1.165, 1.54) is 6.07 Å². The molecule has 0 nitrogen and oxygen atoms in total. The Morgan fingerprint density at radius 2 is 0.679 bits per heavy atom. The normalized spacial score (nSPS) is 14.7. The third-order valence-corrected chi connectivity index (χ3v) is 11.3. The van der Waals surface area contributed by atoms with Gasteiger partial charge in [0, 0.05) is 0 Å². The predicted octanol–water partition coefficient (Wildman–Crippen LogP) is 15.8. The van der Waals surface area contributed by atoms with Gasteiger partial charge in [0.25, 0.3) is 0 Å². The SMILES string of the molecule is [2H]c1cc(-c2c([2H])c([2H])c([2H])c(-c3c([2H])c([2H])c(-c4ccc5ccc6cccc7ccc4c5c67)c([2H])c3[2H])c2[2H])c([2H])c([2H])c1-c1ccc2ccc3c(-c4ccccc4)ccc4ccc1c2c43. The van der Waals surface area contributed by atoms with Gasteiger partial charge in [-0.2, -0.15) is 0 Å². The lowest BCUT2D eigenvalue weighted by molar-refractivity contribution is 1.58. The van der Waals surface area contributed by atoms with Crippen LogP contribution in [0.5, 0.6) is 0 Å². The van der Waals surface area contributed by atoms with E-state index in [0.29, 0.717) is 11.1 Å². The van der Waals surface area contributed by atoms with Crippen molar-refractivity contribution in [2.24, 2.45) is 0 Å². The smallest absolute Gasteiger partial charge is 0.0622 e. The summed E-state index contributed by atoms with van der Waals surface area (Å²) in [5.74, 6) is 0. The summed E-state index contributed by atoms with van der Waals surface area (Å²) >= 11 is 0. The number of hydrogen-bond acceptors (Lipinski definition) is 0. The zero-order valence-electron chi connectivity index (χ0n) is 40.8. The van der Waals surface area contributed by atoms with Crippen LogP contribution in [0.4, 0.5) is 0 Å². The minimum absolute atomic E-state index is 0.0447. The van der Waals surface area contributed by atoms with Crippen LogP contribution in [0.25, 0.3) is 120 Å². The summed E-state index contributed by atoms with van der Waals surface area (Å²) in [6, 6.07) is 40.1. The fourth-order valence-electron chi connectivity index (χ4n) is 8.64. The van der Waals surface area contributed by atoms with Crippen LogP contribution in [0.1, 0.15) is 15.1 Å². The molecule has 0 saturated heterocycles. The molecular formula is C56H34. The molecule has 12 aromatic carbocycles. The average Bonchev–Trinajstić information content (AvgIpc) is 3.34. The standard InChI is InChI=1S/C56H34/c1-2-6-37(7-3-1)47-28-23-43-27-33-52-49(30-24-44-26-32-51(47)55(43)56(44)52)39-18-14-36(15-19-39)46-11-5-10-45(34-46)35-12-16-38(17-13-35)48-29-22-42-21-20-40-8-4-9-41-25-31-50(48)54(42)53(40)41/h1-34H/i5D,10D,11D,12D,13D,14D,16D,17D,18D,19D,34D. The maximum absolute atomic E-state index is 9.53. The molecule has 0 aromatic heterocycles. The second-order valence-corrected chi connectivity index (χ2v) is 14.3. The van der Waals surface area contributed by atoms with Gasteiger partial charge in [-0.1, -0.05) is 200 Å². The monoisotopic (exact) mass is 717 g/mol. The van der Waals surface area contributed by atoms with Gasteiger partial charge < -0.3 is 0 Å². The van der Waals surface area contributed by atoms with E-state index in [9.17, 15) is 11.0 Å². The minimum atomic E-state index is -0.656. The molecule has 0 fully saturated rings. The Bertz CT molecular complexity index is 4060. The Morgan fingerprint density at radius 3 is 1.27 bits per heavy atom. The predicted molar refractivity (Wildman–Crippen MR) is 241 cm³/mol. The van der Waals surface area contributed by atoms with Crippen molar-refractivity contribution in [3.8, 4) is 55.6 Å². The van der Waals surface area contributed by atoms with Gasteiger partial charge in [0.05, 0.1) is 15.1 Å². The van der Waals surface area contributed by atoms with Crippen molar-refractivity contribution in [1.29, 1.82) is 0 Å². The Labute approximate surface area is 340 Å². The van der Waals surface area contributed by atoms with E-state index >= 15 is 0 Å². The maximum Gasteiger partial charge on any atom is 0.0636 e. The summed E-state index contributed by atoms with van der Waals surface area (Å²) in [6.07, 6.45) is 0. The molecule has 0 unspecified atom stereocenters. The summed E-state index contributed by atoms with van der Waals surface area (Å²) in [6.45, 7) is 0. The van der Waals surface area contributed by atoms with Crippen molar-refractivity contribution < 1.29 is 15.1 Å². The first-order valence-electron chi connectivity index (χ1n) is 24.1. The fraction of sp³-hybridized carbons (Fsp3) is 0. The van der Waals surface area contributed by atoms with E-state index in [2.05, 4.69) is 36.4 Å². The molecule has 0 aliphatic rings. The molecule has 0 heterocycles.